The molecule has 8 heteroatoms. The zero-order valence-corrected chi connectivity index (χ0v) is 17.3. The Kier molecular flexibility index (Phi) is 5.57. The highest BCUT2D eigenvalue weighted by atomic mass is 16.2. The number of hydrogen-bond donors (Lipinski definition) is 3. The number of aryl methyl sites for hydroxylation is 1. The van der Waals surface area contributed by atoms with Crippen LogP contribution in [-0.4, -0.2) is 34.9 Å². The highest BCUT2D eigenvalue weighted by molar-refractivity contribution is 6.04. The van der Waals surface area contributed by atoms with E-state index in [1.807, 2.05) is 36.1 Å². The van der Waals surface area contributed by atoms with Gasteiger partial charge in [-0.05, 0) is 36.8 Å². The van der Waals surface area contributed by atoms with Crippen LogP contribution in [0.2, 0.25) is 0 Å². The van der Waals surface area contributed by atoms with Crippen molar-refractivity contribution in [2.24, 2.45) is 5.92 Å². The Morgan fingerprint density at radius 2 is 1.97 bits per heavy atom. The number of rotatable bonds is 4. The fraction of sp³-hybridized carbons (Fsp3) is 0.455. The molecule has 0 aliphatic carbocycles. The van der Waals surface area contributed by atoms with Crippen molar-refractivity contribution in [3.05, 3.63) is 45.7 Å². The molecule has 1 unspecified atom stereocenters. The average Bonchev–Trinajstić information content (AvgIpc) is 2.73. The number of piperidine rings is 1. The molecule has 1 aromatic carbocycles. The summed E-state index contributed by atoms with van der Waals surface area (Å²) < 4.78 is 0. The molecule has 30 heavy (non-hydrogen) atoms. The molecule has 4 rings (SSSR count). The van der Waals surface area contributed by atoms with Gasteiger partial charge in [0.1, 0.15) is 5.82 Å². The Hall–Kier alpha value is -3.16. The van der Waals surface area contributed by atoms with Gasteiger partial charge in [0.15, 0.2) is 0 Å². The van der Waals surface area contributed by atoms with Gasteiger partial charge in [0, 0.05) is 25.2 Å². The summed E-state index contributed by atoms with van der Waals surface area (Å²) >= 11 is 0. The first kappa shape index (κ1) is 20.1. The van der Waals surface area contributed by atoms with Crippen LogP contribution < -0.4 is 21.1 Å². The second-order valence-corrected chi connectivity index (χ2v) is 8.13. The molecule has 1 saturated heterocycles. The van der Waals surface area contributed by atoms with Crippen molar-refractivity contribution < 1.29 is 9.59 Å². The number of amides is 2. The predicted molar refractivity (Wildman–Crippen MR) is 116 cm³/mol. The van der Waals surface area contributed by atoms with E-state index in [0.717, 1.165) is 37.9 Å². The number of carbonyl (C=O) groups is 2. The number of aromatic nitrogens is 2. The molecule has 0 saturated carbocycles. The van der Waals surface area contributed by atoms with Gasteiger partial charge in [-0.2, -0.15) is 4.98 Å². The number of H-pyrrole nitrogens is 1. The highest BCUT2D eigenvalue weighted by Crippen LogP contribution is 2.31. The molecule has 8 nitrogen and oxygen atoms in total. The molecule has 2 aliphatic rings. The zero-order chi connectivity index (χ0) is 21.3. The number of aromatic amines is 1. The van der Waals surface area contributed by atoms with Crippen LogP contribution in [0.15, 0.2) is 29.1 Å². The first-order valence-electron chi connectivity index (χ1n) is 10.5. The van der Waals surface area contributed by atoms with Crippen LogP contribution in [0.1, 0.15) is 50.2 Å². The smallest absolute Gasteiger partial charge is 0.258 e. The van der Waals surface area contributed by atoms with E-state index in [9.17, 15) is 14.4 Å². The maximum atomic E-state index is 13.0. The van der Waals surface area contributed by atoms with E-state index in [-0.39, 0.29) is 35.2 Å². The van der Waals surface area contributed by atoms with Gasteiger partial charge in [0.25, 0.3) is 5.56 Å². The minimum absolute atomic E-state index is 0.0849. The molecule has 2 aliphatic heterocycles. The number of benzene rings is 1. The van der Waals surface area contributed by atoms with E-state index in [4.69, 9.17) is 0 Å². The van der Waals surface area contributed by atoms with Crippen molar-refractivity contribution in [3.8, 4) is 0 Å². The van der Waals surface area contributed by atoms with Crippen molar-refractivity contribution in [3.63, 3.8) is 0 Å². The zero-order valence-electron chi connectivity index (χ0n) is 17.3. The Bertz CT molecular complexity index is 1020. The third kappa shape index (κ3) is 3.94. The SMILES string of the molecule is CCc1ccccc1NC(=O)C1CC(=O)Nc2nc(N3CCC(C)CC3)[nH]c(=O)c21. The molecule has 3 N–H and O–H groups in total. The molecule has 0 bridgehead atoms. The fourth-order valence-electron chi connectivity index (χ4n) is 4.12. The minimum atomic E-state index is -0.884. The van der Waals surface area contributed by atoms with Crippen molar-refractivity contribution >= 4 is 29.3 Å². The lowest BCUT2D eigenvalue weighted by Gasteiger charge is -2.31. The van der Waals surface area contributed by atoms with Gasteiger partial charge in [-0.25, -0.2) is 0 Å². The van der Waals surface area contributed by atoms with Crippen LogP contribution in [0, 0.1) is 5.92 Å². The van der Waals surface area contributed by atoms with Gasteiger partial charge in [0.05, 0.1) is 11.5 Å². The van der Waals surface area contributed by atoms with Gasteiger partial charge in [-0.15, -0.1) is 0 Å². The van der Waals surface area contributed by atoms with Crippen molar-refractivity contribution in [1.82, 2.24) is 9.97 Å². The third-order valence-corrected chi connectivity index (χ3v) is 5.99. The summed E-state index contributed by atoms with van der Waals surface area (Å²) in [7, 11) is 0. The molecule has 1 aromatic heterocycles. The first-order valence-corrected chi connectivity index (χ1v) is 10.5. The Balaban J connectivity index is 1.64. The standard InChI is InChI=1S/C22H27N5O3/c1-3-14-6-4-5-7-16(14)23-20(29)15-12-17(28)24-19-18(15)21(30)26-22(25-19)27-10-8-13(2)9-11-27/h4-7,13,15H,3,8-12H2,1-2H3,(H,23,29)(H2,24,25,26,28,30). The molecule has 2 aromatic rings. The molecular formula is C22H27N5O3. The maximum absolute atomic E-state index is 13.0. The second kappa shape index (κ2) is 8.30. The Labute approximate surface area is 175 Å². The summed E-state index contributed by atoms with van der Waals surface area (Å²) in [5, 5.41) is 5.58. The van der Waals surface area contributed by atoms with Crippen molar-refractivity contribution in [2.45, 2.75) is 45.4 Å². The molecule has 1 atom stereocenters. The van der Waals surface area contributed by atoms with Gasteiger partial charge in [0.2, 0.25) is 17.8 Å². The van der Waals surface area contributed by atoms with E-state index < -0.39 is 5.92 Å². The largest absolute Gasteiger partial charge is 0.342 e. The van der Waals surface area contributed by atoms with E-state index in [2.05, 4.69) is 27.5 Å². The van der Waals surface area contributed by atoms with E-state index >= 15 is 0 Å². The summed E-state index contributed by atoms with van der Waals surface area (Å²) in [5.74, 6) is -0.299. The van der Waals surface area contributed by atoms with Crippen LogP contribution in [0.3, 0.4) is 0 Å². The number of para-hydroxylation sites is 1. The Morgan fingerprint density at radius 3 is 2.70 bits per heavy atom. The molecule has 0 radical (unpaired) electrons. The number of fused-ring (bicyclic) bond motifs is 1. The number of nitrogens with one attached hydrogen (secondary N) is 3. The number of nitrogens with zero attached hydrogens (tertiary/aromatic N) is 2. The number of carbonyl (C=O) groups excluding carboxylic acids is 2. The van der Waals surface area contributed by atoms with E-state index in [1.165, 1.54) is 0 Å². The molecule has 1 fully saturated rings. The summed E-state index contributed by atoms with van der Waals surface area (Å²) in [6.07, 6.45) is 2.72. The quantitative estimate of drug-likeness (QED) is 0.720. The van der Waals surface area contributed by atoms with Crippen LogP contribution in [0.4, 0.5) is 17.5 Å². The highest BCUT2D eigenvalue weighted by Gasteiger charge is 2.35. The minimum Gasteiger partial charge on any atom is -0.342 e. The van der Waals surface area contributed by atoms with Crippen LogP contribution >= 0.6 is 0 Å². The van der Waals surface area contributed by atoms with Crippen LogP contribution in [-0.2, 0) is 16.0 Å². The third-order valence-electron chi connectivity index (χ3n) is 5.99. The van der Waals surface area contributed by atoms with Crippen LogP contribution in [0.25, 0.3) is 0 Å². The fourth-order valence-corrected chi connectivity index (χ4v) is 4.12. The van der Waals surface area contributed by atoms with Gasteiger partial charge < -0.3 is 15.5 Å². The van der Waals surface area contributed by atoms with Crippen LogP contribution in [0.5, 0.6) is 0 Å². The molecule has 2 amide bonds. The lowest BCUT2D eigenvalue weighted by Crippen LogP contribution is -2.39. The Morgan fingerprint density at radius 1 is 1.23 bits per heavy atom. The molecule has 3 heterocycles. The second-order valence-electron chi connectivity index (χ2n) is 8.13. The summed E-state index contributed by atoms with van der Waals surface area (Å²) in [6, 6.07) is 7.52. The lowest BCUT2D eigenvalue weighted by molar-refractivity contribution is -0.123. The maximum Gasteiger partial charge on any atom is 0.258 e. The monoisotopic (exact) mass is 409 g/mol. The molecular weight excluding hydrogens is 382 g/mol. The van der Waals surface area contributed by atoms with Gasteiger partial charge >= 0.3 is 0 Å². The van der Waals surface area contributed by atoms with Gasteiger partial charge in [-0.1, -0.05) is 32.0 Å². The normalized spacial score (nSPS) is 19.2. The lowest BCUT2D eigenvalue weighted by atomic mass is 9.92. The van der Waals surface area contributed by atoms with E-state index in [0.29, 0.717) is 17.6 Å². The van der Waals surface area contributed by atoms with E-state index in [1.54, 1.807) is 0 Å². The summed E-state index contributed by atoms with van der Waals surface area (Å²) in [4.78, 5) is 47.6. The predicted octanol–water partition coefficient (Wildman–Crippen LogP) is 2.63. The molecule has 0 spiro atoms. The summed E-state index contributed by atoms with van der Waals surface area (Å²) in [5.41, 5.74) is 1.53. The number of anilines is 3. The number of hydrogen-bond acceptors (Lipinski definition) is 5. The summed E-state index contributed by atoms with van der Waals surface area (Å²) in [6.45, 7) is 5.81. The van der Waals surface area contributed by atoms with Crippen molar-refractivity contribution in [1.29, 1.82) is 0 Å². The average molecular weight is 409 g/mol. The first-order chi connectivity index (χ1) is 14.5. The molecule has 158 valence electrons. The topological polar surface area (TPSA) is 107 Å². The van der Waals surface area contributed by atoms with Gasteiger partial charge in [-0.3, -0.25) is 19.4 Å². The van der Waals surface area contributed by atoms with Crippen molar-refractivity contribution in [2.75, 3.05) is 28.6 Å².